The number of hydrogen-bond acceptors (Lipinski definition) is 2. The summed E-state index contributed by atoms with van der Waals surface area (Å²) < 4.78 is 6.11. The molecule has 0 saturated carbocycles. The average Bonchev–Trinajstić information content (AvgIpc) is 2.62. The minimum absolute atomic E-state index is 0.102. The lowest BCUT2D eigenvalue weighted by Gasteiger charge is -2.21. The van der Waals surface area contributed by atoms with Gasteiger partial charge in [-0.3, -0.25) is 4.79 Å². The Labute approximate surface area is 151 Å². The molecule has 1 amide bonds. The summed E-state index contributed by atoms with van der Waals surface area (Å²) in [6.07, 6.45) is 1.14. The van der Waals surface area contributed by atoms with E-state index < -0.39 is 6.10 Å². The first-order valence-corrected chi connectivity index (χ1v) is 9.09. The van der Waals surface area contributed by atoms with Gasteiger partial charge in [-0.05, 0) is 61.4 Å². The highest BCUT2D eigenvalue weighted by atomic mass is 16.5. The van der Waals surface area contributed by atoms with E-state index in [1.807, 2.05) is 57.2 Å². The van der Waals surface area contributed by atoms with Crippen LogP contribution in [0.2, 0.25) is 0 Å². The van der Waals surface area contributed by atoms with Crippen molar-refractivity contribution in [2.75, 3.05) is 5.32 Å². The van der Waals surface area contributed by atoms with Gasteiger partial charge in [0.05, 0.1) is 0 Å². The maximum absolute atomic E-state index is 12.7. The Kier molecular flexibility index (Phi) is 6.63. The Balaban J connectivity index is 2.17. The van der Waals surface area contributed by atoms with E-state index in [4.69, 9.17) is 4.74 Å². The van der Waals surface area contributed by atoms with Gasteiger partial charge in [0, 0.05) is 5.69 Å². The van der Waals surface area contributed by atoms with E-state index in [1.165, 1.54) is 0 Å². The van der Waals surface area contributed by atoms with Crippen LogP contribution in [0, 0.1) is 13.8 Å². The summed E-state index contributed by atoms with van der Waals surface area (Å²) >= 11 is 0. The number of carbonyl (C=O) groups is 1. The topological polar surface area (TPSA) is 38.3 Å². The quantitative estimate of drug-likeness (QED) is 0.711. The minimum atomic E-state index is -0.509. The molecule has 25 heavy (non-hydrogen) atoms. The fraction of sp³-hybridized carbons (Fsp3) is 0.409. The molecular weight excluding hydrogens is 310 g/mol. The predicted molar refractivity (Wildman–Crippen MR) is 104 cm³/mol. The van der Waals surface area contributed by atoms with Crippen LogP contribution in [0.5, 0.6) is 5.75 Å². The number of para-hydroxylation sites is 1. The van der Waals surface area contributed by atoms with E-state index in [0.717, 1.165) is 34.5 Å². The molecule has 0 spiro atoms. The van der Waals surface area contributed by atoms with Gasteiger partial charge in [0.25, 0.3) is 5.91 Å². The lowest BCUT2D eigenvalue weighted by molar-refractivity contribution is -0.122. The first-order valence-electron chi connectivity index (χ1n) is 9.09. The van der Waals surface area contributed by atoms with Gasteiger partial charge in [-0.2, -0.15) is 0 Å². The van der Waals surface area contributed by atoms with Crippen LogP contribution < -0.4 is 10.1 Å². The van der Waals surface area contributed by atoms with Crippen LogP contribution in [0.1, 0.15) is 56.2 Å². The maximum atomic E-state index is 12.7. The van der Waals surface area contributed by atoms with E-state index in [-0.39, 0.29) is 5.91 Å². The molecule has 2 aromatic carbocycles. The fourth-order valence-electron chi connectivity index (χ4n) is 2.77. The van der Waals surface area contributed by atoms with Crippen molar-refractivity contribution < 1.29 is 9.53 Å². The molecule has 0 heterocycles. The van der Waals surface area contributed by atoms with Crippen molar-refractivity contribution in [1.29, 1.82) is 0 Å². The first-order chi connectivity index (χ1) is 12.0. The number of hydrogen-bond donors (Lipinski definition) is 1. The standard InChI is InChI=1S/C22H29NO2/c1-6-16(4)18-10-8-9-11-21(18)25-20(7-2)22(24)23-19-14-15(3)12-13-17(19)5/h8-14,16,20H,6-7H2,1-5H3,(H,23,24). The van der Waals surface area contributed by atoms with Crippen LogP contribution in [-0.4, -0.2) is 12.0 Å². The molecule has 0 saturated heterocycles. The second-order valence-electron chi connectivity index (χ2n) is 6.67. The number of rotatable bonds is 7. The van der Waals surface area contributed by atoms with Crippen LogP contribution in [0.3, 0.4) is 0 Å². The molecule has 0 radical (unpaired) electrons. The molecule has 0 aliphatic rings. The van der Waals surface area contributed by atoms with Crippen LogP contribution >= 0.6 is 0 Å². The highest BCUT2D eigenvalue weighted by Crippen LogP contribution is 2.29. The van der Waals surface area contributed by atoms with E-state index in [2.05, 4.69) is 25.2 Å². The Morgan fingerprint density at radius 1 is 1.08 bits per heavy atom. The lowest BCUT2D eigenvalue weighted by Crippen LogP contribution is -2.33. The third-order valence-electron chi connectivity index (χ3n) is 4.65. The summed E-state index contributed by atoms with van der Waals surface area (Å²) in [4.78, 5) is 12.7. The molecule has 3 heteroatoms. The largest absolute Gasteiger partial charge is 0.480 e. The summed E-state index contributed by atoms with van der Waals surface area (Å²) in [5.41, 5.74) is 4.18. The van der Waals surface area contributed by atoms with Crippen molar-refractivity contribution in [1.82, 2.24) is 0 Å². The number of carbonyl (C=O) groups excluding carboxylic acids is 1. The second-order valence-corrected chi connectivity index (χ2v) is 6.67. The van der Waals surface area contributed by atoms with E-state index in [0.29, 0.717) is 12.3 Å². The van der Waals surface area contributed by atoms with Crippen LogP contribution in [-0.2, 0) is 4.79 Å². The summed E-state index contributed by atoms with van der Waals surface area (Å²) in [7, 11) is 0. The van der Waals surface area contributed by atoms with Gasteiger partial charge in [-0.15, -0.1) is 0 Å². The van der Waals surface area contributed by atoms with Gasteiger partial charge in [0.1, 0.15) is 5.75 Å². The molecule has 134 valence electrons. The number of amides is 1. The molecule has 0 aromatic heterocycles. The zero-order valence-corrected chi connectivity index (χ0v) is 15.9. The average molecular weight is 339 g/mol. The zero-order chi connectivity index (χ0) is 18.4. The molecule has 2 aromatic rings. The fourth-order valence-corrected chi connectivity index (χ4v) is 2.77. The predicted octanol–water partition coefficient (Wildman–Crippen LogP) is 5.61. The molecule has 0 fully saturated rings. The molecular formula is C22H29NO2. The van der Waals surface area contributed by atoms with Crippen molar-refractivity contribution >= 4 is 11.6 Å². The molecule has 3 nitrogen and oxygen atoms in total. The van der Waals surface area contributed by atoms with Gasteiger partial charge in [-0.25, -0.2) is 0 Å². The molecule has 0 bridgehead atoms. The highest BCUT2D eigenvalue weighted by molar-refractivity contribution is 5.95. The summed E-state index contributed by atoms with van der Waals surface area (Å²) in [5, 5.41) is 3.02. The van der Waals surface area contributed by atoms with Crippen LogP contribution in [0.15, 0.2) is 42.5 Å². The lowest BCUT2D eigenvalue weighted by atomic mass is 9.98. The summed E-state index contributed by atoms with van der Waals surface area (Å²) in [5.74, 6) is 1.10. The van der Waals surface area contributed by atoms with Crippen molar-refractivity contribution in [3.63, 3.8) is 0 Å². The third kappa shape index (κ3) is 4.85. The number of anilines is 1. The SMILES string of the molecule is CCC(Oc1ccccc1C(C)CC)C(=O)Nc1cc(C)ccc1C. The minimum Gasteiger partial charge on any atom is -0.480 e. The molecule has 0 aliphatic carbocycles. The Morgan fingerprint density at radius 2 is 1.80 bits per heavy atom. The van der Waals surface area contributed by atoms with E-state index >= 15 is 0 Å². The molecule has 2 unspecified atom stereocenters. The van der Waals surface area contributed by atoms with E-state index in [9.17, 15) is 4.79 Å². The van der Waals surface area contributed by atoms with Crippen LogP contribution in [0.4, 0.5) is 5.69 Å². The Bertz CT molecular complexity index is 724. The smallest absolute Gasteiger partial charge is 0.265 e. The molecule has 1 N–H and O–H groups in total. The monoisotopic (exact) mass is 339 g/mol. The van der Waals surface area contributed by atoms with Crippen molar-refractivity contribution in [2.24, 2.45) is 0 Å². The molecule has 2 rings (SSSR count). The van der Waals surface area contributed by atoms with Crippen molar-refractivity contribution in [3.8, 4) is 5.75 Å². The van der Waals surface area contributed by atoms with E-state index in [1.54, 1.807) is 0 Å². The third-order valence-corrected chi connectivity index (χ3v) is 4.65. The van der Waals surface area contributed by atoms with Crippen molar-refractivity contribution in [2.45, 2.75) is 59.5 Å². The number of benzene rings is 2. The maximum Gasteiger partial charge on any atom is 0.265 e. The first kappa shape index (κ1) is 19.0. The van der Waals surface area contributed by atoms with Crippen LogP contribution in [0.25, 0.3) is 0 Å². The van der Waals surface area contributed by atoms with Gasteiger partial charge in [0.15, 0.2) is 6.10 Å². The highest BCUT2D eigenvalue weighted by Gasteiger charge is 2.21. The Morgan fingerprint density at radius 3 is 2.48 bits per heavy atom. The normalized spacial score (nSPS) is 13.2. The Hall–Kier alpha value is -2.29. The zero-order valence-electron chi connectivity index (χ0n) is 15.9. The van der Waals surface area contributed by atoms with Gasteiger partial charge in [0.2, 0.25) is 0 Å². The summed E-state index contributed by atoms with van der Waals surface area (Å²) in [6.45, 7) is 10.3. The van der Waals surface area contributed by atoms with Gasteiger partial charge < -0.3 is 10.1 Å². The number of nitrogens with one attached hydrogen (secondary N) is 1. The summed E-state index contributed by atoms with van der Waals surface area (Å²) in [6, 6.07) is 14.1. The number of aryl methyl sites for hydroxylation is 2. The van der Waals surface area contributed by atoms with Gasteiger partial charge in [-0.1, -0.05) is 51.1 Å². The molecule has 0 aliphatic heterocycles. The van der Waals surface area contributed by atoms with Crippen molar-refractivity contribution in [3.05, 3.63) is 59.2 Å². The van der Waals surface area contributed by atoms with Gasteiger partial charge >= 0.3 is 0 Å². The second kappa shape index (κ2) is 8.70. The number of ether oxygens (including phenoxy) is 1. The molecule has 2 atom stereocenters.